The highest BCUT2D eigenvalue weighted by atomic mass is 16.2. The molecule has 2 aromatic carbocycles. The molecule has 0 aliphatic rings. The number of urea groups is 1. The van der Waals surface area contributed by atoms with E-state index in [-0.39, 0.29) is 12.3 Å². The van der Waals surface area contributed by atoms with Gasteiger partial charge in [0.1, 0.15) is 0 Å². The van der Waals surface area contributed by atoms with Crippen molar-refractivity contribution in [1.82, 2.24) is 15.5 Å². The van der Waals surface area contributed by atoms with E-state index in [0.29, 0.717) is 6.54 Å². The van der Waals surface area contributed by atoms with Gasteiger partial charge in [0.2, 0.25) is 5.91 Å². The van der Waals surface area contributed by atoms with E-state index in [0.717, 1.165) is 25.1 Å². The van der Waals surface area contributed by atoms with Crippen molar-refractivity contribution in [3.05, 3.63) is 71.8 Å². The lowest BCUT2D eigenvalue weighted by Gasteiger charge is -2.19. The van der Waals surface area contributed by atoms with Crippen LogP contribution in [0.15, 0.2) is 60.7 Å². The smallest absolute Gasteiger partial charge is 0.312 e. The summed E-state index contributed by atoms with van der Waals surface area (Å²) in [5, 5.41) is 5.55. The summed E-state index contributed by atoms with van der Waals surface area (Å²) in [5.41, 5.74) is 7.36. The molecule has 0 saturated carbocycles. The monoisotopic (exact) mass is 368 g/mol. The van der Waals surface area contributed by atoms with Gasteiger partial charge in [0.05, 0.1) is 12.5 Å². The molecule has 2 rings (SSSR count). The van der Waals surface area contributed by atoms with Gasteiger partial charge in [-0.05, 0) is 31.1 Å². The van der Waals surface area contributed by atoms with Gasteiger partial charge in [-0.25, -0.2) is 4.79 Å². The first kappa shape index (κ1) is 20.5. The van der Waals surface area contributed by atoms with Gasteiger partial charge < -0.3 is 21.3 Å². The summed E-state index contributed by atoms with van der Waals surface area (Å²) in [6.07, 6.45) is 1.02. The Morgan fingerprint density at radius 1 is 1.04 bits per heavy atom. The van der Waals surface area contributed by atoms with Gasteiger partial charge >= 0.3 is 6.03 Å². The van der Waals surface area contributed by atoms with Gasteiger partial charge in [-0.3, -0.25) is 4.79 Å². The van der Waals surface area contributed by atoms with E-state index in [1.54, 1.807) is 0 Å². The third kappa shape index (κ3) is 7.92. The molecule has 0 fully saturated rings. The first-order valence-corrected chi connectivity index (χ1v) is 9.14. The summed E-state index contributed by atoms with van der Waals surface area (Å²) in [4.78, 5) is 25.7. The summed E-state index contributed by atoms with van der Waals surface area (Å²) < 4.78 is 0. The third-order valence-corrected chi connectivity index (χ3v) is 4.24. The van der Waals surface area contributed by atoms with Gasteiger partial charge in [-0.15, -0.1) is 0 Å². The largest absolute Gasteiger partial charge is 0.356 e. The minimum Gasteiger partial charge on any atom is -0.356 e. The van der Waals surface area contributed by atoms with Crippen LogP contribution in [0.2, 0.25) is 0 Å². The fourth-order valence-electron chi connectivity index (χ4n) is 2.92. The Bertz CT molecular complexity index is 707. The van der Waals surface area contributed by atoms with E-state index in [2.05, 4.69) is 34.7 Å². The number of carbonyl (C=O) groups is 2. The van der Waals surface area contributed by atoms with Crippen LogP contribution in [0, 0.1) is 0 Å². The number of nitrogens with zero attached hydrogens (tertiary/aromatic N) is 1. The number of carbonyl (C=O) groups excluding carboxylic acids is 2. The van der Waals surface area contributed by atoms with E-state index in [4.69, 9.17) is 5.73 Å². The summed E-state index contributed by atoms with van der Waals surface area (Å²) in [5.74, 6) is -0.108. The molecular weight excluding hydrogens is 340 g/mol. The highest BCUT2D eigenvalue weighted by Crippen LogP contribution is 2.16. The number of nitrogens with one attached hydrogen (secondary N) is 2. The number of benzene rings is 2. The zero-order valence-electron chi connectivity index (χ0n) is 15.7. The van der Waals surface area contributed by atoms with Crippen LogP contribution in [0.3, 0.4) is 0 Å². The number of amides is 3. The molecule has 0 bridgehead atoms. The minimum absolute atomic E-state index is 0.108. The standard InChI is InChI=1S/C21H28N4O2/c1-25(16-17-9-4-2-5-10-17)14-8-13-23-20(26)15-19(24-21(22)27)18-11-6-3-7-12-18/h2-7,9-12,19H,8,13-16H2,1H3,(H,23,26)(H3,22,24,27). The van der Waals surface area contributed by atoms with Crippen LogP contribution in [0.5, 0.6) is 0 Å². The number of hydrogen-bond donors (Lipinski definition) is 3. The summed E-state index contributed by atoms with van der Waals surface area (Å²) >= 11 is 0. The van der Waals surface area contributed by atoms with Crippen molar-refractivity contribution in [2.24, 2.45) is 5.73 Å². The van der Waals surface area contributed by atoms with Gasteiger partial charge in [0.15, 0.2) is 0 Å². The average molecular weight is 368 g/mol. The van der Waals surface area contributed by atoms with E-state index >= 15 is 0 Å². The van der Waals surface area contributed by atoms with Crippen molar-refractivity contribution < 1.29 is 9.59 Å². The van der Waals surface area contributed by atoms with Crippen LogP contribution in [-0.2, 0) is 11.3 Å². The molecule has 0 spiro atoms. The van der Waals surface area contributed by atoms with E-state index in [9.17, 15) is 9.59 Å². The normalized spacial score (nSPS) is 11.8. The lowest BCUT2D eigenvalue weighted by Crippen LogP contribution is -2.37. The molecule has 6 heteroatoms. The molecule has 1 unspecified atom stereocenters. The highest BCUT2D eigenvalue weighted by Gasteiger charge is 2.17. The SMILES string of the molecule is CN(CCCNC(=O)CC(NC(N)=O)c1ccccc1)Cc1ccccc1. The minimum atomic E-state index is -0.640. The van der Waals surface area contributed by atoms with Crippen LogP contribution >= 0.6 is 0 Å². The van der Waals surface area contributed by atoms with Crippen molar-refractivity contribution in [3.63, 3.8) is 0 Å². The number of hydrogen-bond acceptors (Lipinski definition) is 3. The van der Waals surface area contributed by atoms with Crippen molar-refractivity contribution in [1.29, 1.82) is 0 Å². The molecule has 0 aromatic heterocycles. The summed E-state index contributed by atoms with van der Waals surface area (Å²) in [6.45, 7) is 2.36. The summed E-state index contributed by atoms with van der Waals surface area (Å²) in [7, 11) is 2.07. The second-order valence-corrected chi connectivity index (χ2v) is 6.60. The molecule has 0 saturated heterocycles. The zero-order valence-corrected chi connectivity index (χ0v) is 15.7. The molecule has 27 heavy (non-hydrogen) atoms. The average Bonchev–Trinajstić information content (AvgIpc) is 2.66. The fraction of sp³-hybridized carbons (Fsp3) is 0.333. The fourth-order valence-corrected chi connectivity index (χ4v) is 2.92. The molecule has 4 N–H and O–H groups in total. The first-order valence-electron chi connectivity index (χ1n) is 9.14. The van der Waals surface area contributed by atoms with E-state index in [1.807, 2.05) is 48.5 Å². The van der Waals surface area contributed by atoms with E-state index in [1.165, 1.54) is 5.56 Å². The molecule has 0 aliphatic heterocycles. The predicted molar refractivity (Wildman–Crippen MR) is 107 cm³/mol. The van der Waals surface area contributed by atoms with Crippen molar-refractivity contribution in [3.8, 4) is 0 Å². The third-order valence-electron chi connectivity index (χ3n) is 4.24. The number of rotatable bonds is 10. The maximum atomic E-state index is 12.2. The second kappa shape index (κ2) is 11.0. The van der Waals surface area contributed by atoms with Gasteiger partial charge in [-0.1, -0.05) is 60.7 Å². The molecule has 0 radical (unpaired) electrons. The Morgan fingerprint density at radius 2 is 1.67 bits per heavy atom. The Balaban J connectivity index is 1.71. The molecule has 1 atom stereocenters. The number of nitrogens with two attached hydrogens (primary N) is 1. The Labute approximate surface area is 160 Å². The Morgan fingerprint density at radius 3 is 2.30 bits per heavy atom. The maximum Gasteiger partial charge on any atom is 0.312 e. The highest BCUT2D eigenvalue weighted by molar-refractivity contribution is 5.78. The number of primary amides is 1. The van der Waals surface area contributed by atoms with Crippen LogP contribution < -0.4 is 16.4 Å². The molecular formula is C21H28N4O2. The summed E-state index contributed by atoms with van der Waals surface area (Å²) in [6, 6.07) is 18.6. The Kier molecular flexibility index (Phi) is 8.32. The lowest BCUT2D eigenvalue weighted by molar-refractivity contribution is -0.121. The van der Waals surface area contributed by atoms with Crippen molar-refractivity contribution in [2.75, 3.05) is 20.1 Å². The van der Waals surface area contributed by atoms with Crippen LogP contribution in [0.25, 0.3) is 0 Å². The van der Waals surface area contributed by atoms with Crippen LogP contribution in [0.1, 0.15) is 30.0 Å². The predicted octanol–water partition coefficient (Wildman–Crippen LogP) is 2.42. The topological polar surface area (TPSA) is 87.5 Å². The Hall–Kier alpha value is -2.86. The molecule has 0 aliphatic carbocycles. The van der Waals surface area contributed by atoms with Crippen LogP contribution in [0.4, 0.5) is 4.79 Å². The van der Waals surface area contributed by atoms with Gasteiger partial charge in [0, 0.05) is 13.1 Å². The molecule has 0 heterocycles. The van der Waals surface area contributed by atoms with Crippen LogP contribution in [-0.4, -0.2) is 37.0 Å². The maximum absolute atomic E-state index is 12.2. The van der Waals surface area contributed by atoms with Crippen molar-refractivity contribution >= 4 is 11.9 Å². The zero-order chi connectivity index (χ0) is 19.5. The first-order chi connectivity index (χ1) is 13.0. The quantitative estimate of drug-likeness (QED) is 0.563. The lowest BCUT2D eigenvalue weighted by atomic mass is 10.0. The van der Waals surface area contributed by atoms with E-state index < -0.39 is 12.1 Å². The molecule has 3 amide bonds. The van der Waals surface area contributed by atoms with Gasteiger partial charge in [0.25, 0.3) is 0 Å². The molecule has 2 aromatic rings. The second-order valence-electron chi connectivity index (χ2n) is 6.60. The van der Waals surface area contributed by atoms with Gasteiger partial charge in [-0.2, -0.15) is 0 Å². The molecule has 6 nitrogen and oxygen atoms in total. The molecule has 144 valence electrons. The van der Waals surface area contributed by atoms with Crippen molar-refractivity contribution in [2.45, 2.75) is 25.4 Å².